The third-order valence-electron chi connectivity index (χ3n) is 0. The van der Waals surface area contributed by atoms with Crippen LogP contribution in [-0.2, 0) is 19.8 Å². The summed E-state index contributed by atoms with van der Waals surface area (Å²) in [5.41, 5.74) is 0. The number of hydrogen-bond acceptors (Lipinski definition) is 0. The monoisotopic (exact) mass is 287 g/mol. The van der Waals surface area contributed by atoms with Gasteiger partial charge in [0.2, 0.25) is 0 Å². The Labute approximate surface area is 70.9 Å². The fourth-order valence-corrected chi connectivity index (χ4v) is 0. The molecule has 0 atom stereocenters. The smallest absolute Gasteiger partial charge is 0 e. The second-order valence-electron chi connectivity index (χ2n) is 0. The Morgan fingerprint density at radius 1 is 0.500 bits per heavy atom. The van der Waals surface area contributed by atoms with E-state index in [-0.39, 0.29) is 71.3 Å². The molecular formula is H8NaO4Os. The third kappa shape index (κ3) is 50.3. The van der Waals surface area contributed by atoms with Crippen molar-refractivity contribution in [2.75, 3.05) is 0 Å². The maximum absolute atomic E-state index is 0. The van der Waals surface area contributed by atoms with Crippen LogP contribution in [0.3, 0.4) is 0 Å². The molecule has 0 heterocycles. The van der Waals surface area contributed by atoms with Gasteiger partial charge in [0.05, 0.1) is 0 Å². The number of rotatable bonds is 0. The molecule has 0 saturated carbocycles. The number of hydrogen-bond donors (Lipinski definition) is 0. The first-order valence-electron chi connectivity index (χ1n) is 0. The normalized spacial score (nSPS) is 0. The minimum Gasteiger partial charge on any atom is -0.412 e. The average molecular weight is 285 g/mol. The maximum Gasteiger partial charge on any atom is 0 e. The second-order valence-corrected chi connectivity index (χ2v) is 0. The van der Waals surface area contributed by atoms with Crippen molar-refractivity contribution in [2.45, 2.75) is 0 Å². The van der Waals surface area contributed by atoms with Crippen molar-refractivity contribution in [3.8, 4) is 0 Å². The Hall–Kier alpha value is 1.48. The van der Waals surface area contributed by atoms with Gasteiger partial charge in [0.15, 0.2) is 0 Å². The van der Waals surface area contributed by atoms with E-state index in [0.717, 1.165) is 0 Å². The van der Waals surface area contributed by atoms with Crippen LogP contribution in [0.2, 0.25) is 0 Å². The summed E-state index contributed by atoms with van der Waals surface area (Å²) in [5.74, 6) is 0. The molecule has 0 aliphatic rings. The minimum atomic E-state index is 0. The molecule has 8 N–H and O–H groups in total. The van der Waals surface area contributed by atoms with E-state index >= 15 is 0 Å². The predicted molar refractivity (Wildman–Crippen MR) is 20.2 cm³/mol. The Morgan fingerprint density at radius 2 is 0.500 bits per heavy atom. The SMILES string of the molecule is O.O.O.O.[Na].[Os]. The topological polar surface area (TPSA) is 126 Å². The summed E-state index contributed by atoms with van der Waals surface area (Å²) in [6.07, 6.45) is 0. The molecule has 0 amide bonds. The molecule has 0 aliphatic carbocycles. The van der Waals surface area contributed by atoms with Crippen LogP contribution in [-0.4, -0.2) is 51.5 Å². The molecule has 6 heteroatoms. The van der Waals surface area contributed by atoms with E-state index in [0.29, 0.717) is 0 Å². The standard InChI is InChI=1S/Na.4H2O.Os/h;4*1H2;. The van der Waals surface area contributed by atoms with Crippen molar-refractivity contribution in [1.82, 2.24) is 0 Å². The van der Waals surface area contributed by atoms with Crippen molar-refractivity contribution >= 4 is 29.6 Å². The molecular weight excluding hydrogens is 277 g/mol. The first-order valence-corrected chi connectivity index (χ1v) is 0. The Morgan fingerprint density at radius 3 is 0.500 bits per heavy atom. The second kappa shape index (κ2) is 89.1. The maximum atomic E-state index is 0. The van der Waals surface area contributed by atoms with Gasteiger partial charge in [-0.15, -0.1) is 0 Å². The van der Waals surface area contributed by atoms with Crippen LogP contribution < -0.4 is 0 Å². The summed E-state index contributed by atoms with van der Waals surface area (Å²) in [6, 6.07) is 0. The van der Waals surface area contributed by atoms with Crippen LogP contribution >= 0.6 is 0 Å². The first kappa shape index (κ1) is 144. The van der Waals surface area contributed by atoms with Crippen LogP contribution in [0.25, 0.3) is 0 Å². The van der Waals surface area contributed by atoms with Crippen molar-refractivity contribution in [2.24, 2.45) is 0 Å². The van der Waals surface area contributed by atoms with Gasteiger partial charge in [-0.05, 0) is 0 Å². The summed E-state index contributed by atoms with van der Waals surface area (Å²) in [6.45, 7) is 0. The van der Waals surface area contributed by atoms with E-state index in [2.05, 4.69) is 0 Å². The van der Waals surface area contributed by atoms with Crippen LogP contribution in [0.5, 0.6) is 0 Å². The summed E-state index contributed by atoms with van der Waals surface area (Å²) < 4.78 is 0. The molecule has 0 aromatic carbocycles. The molecule has 0 fully saturated rings. The fourth-order valence-electron chi connectivity index (χ4n) is 0. The molecule has 0 saturated heterocycles. The van der Waals surface area contributed by atoms with Gasteiger partial charge in [-0.25, -0.2) is 0 Å². The van der Waals surface area contributed by atoms with Crippen molar-refractivity contribution < 1.29 is 41.7 Å². The quantitative estimate of drug-likeness (QED) is 0.406. The minimum absolute atomic E-state index is 0. The van der Waals surface area contributed by atoms with Crippen molar-refractivity contribution in [3.05, 3.63) is 0 Å². The summed E-state index contributed by atoms with van der Waals surface area (Å²) in [4.78, 5) is 0. The van der Waals surface area contributed by atoms with Crippen molar-refractivity contribution in [3.63, 3.8) is 0 Å². The van der Waals surface area contributed by atoms with Crippen LogP contribution in [0, 0.1) is 0 Å². The molecule has 1 radical (unpaired) electrons. The predicted octanol–water partition coefficient (Wildman–Crippen LogP) is -3.68. The average Bonchev–Trinajstić information content (AvgIpc) is 0. The van der Waals surface area contributed by atoms with Crippen LogP contribution in [0.1, 0.15) is 0 Å². The zero-order valence-corrected chi connectivity index (χ0v) is 7.89. The van der Waals surface area contributed by atoms with Gasteiger partial charge in [-0.2, -0.15) is 0 Å². The molecule has 0 spiro atoms. The molecule has 0 aromatic heterocycles. The first-order chi connectivity index (χ1) is 0. The molecule has 0 aliphatic heterocycles. The van der Waals surface area contributed by atoms with E-state index < -0.39 is 0 Å². The largest absolute Gasteiger partial charge is 0.412 e. The zero-order valence-electron chi connectivity index (χ0n) is 3.35. The van der Waals surface area contributed by atoms with Gasteiger partial charge in [0, 0.05) is 49.3 Å². The Kier molecular flexibility index (Phi) is 2140. The Balaban J connectivity index is 0. The molecule has 4 nitrogen and oxygen atoms in total. The fraction of sp³-hybridized carbons (Fsp3) is 0. The van der Waals surface area contributed by atoms with Gasteiger partial charge < -0.3 is 21.9 Å². The molecule has 0 rings (SSSR count). The van der Waals surface area contributed by atoms with Gasteiger partial charge in [-0.1, -0.05) is 0 Å². The van der Waals surface area contributed by atoms with Gasteiger partial charge >= 0.3 is 0 Å². The van der Waals surface area contributed by atoms with Gasteiger partial charge in [0.1, 0.15) is 0 Å². The summed E-state index contributed by atoms with van der Waals surface area (Å²) in [5, 5.41) is 0. The molecule has 0 aromatic rings. The van der Waals surface area contributed by atoms with Crippen LogP contribution in [0.4, 0.5) is 0 Å². The molecule has 6 heavy (non-hydrogen) atoms. The van der Waals surface area contributed by atoms with E-state index in [1.807, 2.05) is 0 Å². The molecule has 0 bridgehead atoms. The van der Waals surface area contributed by atoms with E-state index in [1.54, 1.807) is 0 Å². The van der Waals surface area contributed by atoms with Crippen molar-refractivity contribution in [1.29, 1.82) is 0 Å². The molecule has 0 unspecified atom stereocenters. The molecule has 41 valence electrons. The van der Waals surface area contributed by atoms with Gasteiger partial charge in [0.25, 0.3) is 0 Å². The van der Waals surface area contributed by atoms with Gasteiger partial charge in [-0.3, -0.25) is 0 Å². The Bertz CT molecular complexity index is 7.51. The van der Waals surface area contributed by atoms with E-state index in [4.69, 9.17) is 0 Å². The summed E-state index contributed by atoms with van der Waals surface area (Å²) in [7, 11) is 0. The van der Waals surface area contributed by atoms with E-state index in [1.165, 1.54) is 0 Å². The summed E-state index contributed by atoms with van der Waals surface area (Å²) >= 11 is 0. The third-order valence-corrected chi connectivity index (χ3v) is 0. The van der Waals surface area contributed by atoms with E-state index in [9.17, 15) is 0 Å². The van der Waals surface area contributed by atoms with Crippen LogP contribution in [0.15, 0.2) is 0 Å². The zero-order chi connectivity index (χ0) is 0.